The van der Waals surface area contributed by atoms with Gasteiger partial charge in [0.2, 0.25) is 0 Å². The van der Waals surface area contributed by atoms with Crippen molar-refractivity contribution in [1.82, 2.24) is 4.98 Å². The Balaban J connectivity index is 2.36. The average Bonchev–Trinajstić information content (AvgIpc) is 2.38. The number of pyridine rings is 1. The largest absolute Gasteiger partial charge is 0.479 e. The fourth-order valence-corrected chi connectivity index (χ4v) is 2.21. The summed E-state index contributed by atoms with van der Waals surface area (Å²) in [4.78, 5) is 17.1. The van der Waals surface area contributed by atoms with E-state index < -0.39 is 12.1 Å². The van der Waals surface area contributed by atoms with Crippen LogP contribution >= 0.6 is 0 Å². The highest BCUT2D eigenvalue weighted by atomic mass is 16.5. The molecule has 2 heterocycles. The molecule has 100 valence electrons. The summed E-state index contributed by atoms with van der Waals surface area (Å²) in [6.07, 6.45) is -0.853. The number of nitrogens with zero attached hydrogens (tertiary/aromatic N) is 3. The third-order valence-corrected chi connectivity index (χ3v) is 3.10. The highest BCUT2D eigenvalue weighted by Gasteiger charge is 2.28. The predicted molar refractivity (Wildman–Crippen MR) is 68.0 cm³/mol. The predicted octanol–water partition coefficient (Wildman–Crippen LogP) is 0.860. The summed E-state index contributed by atoms with van der Waals surface area (Å²) in [5, 5.41) is 18.2. The van der Waals surface area contributed by atoms with Gasteiger partial charge < -0.3 is 14.7 Å². The van der Waals surface area contributed by atoms with E-state index in [1.54, 1.807) is 6.92 Å². The number of nitriles is 1. The molecule has 0 aliphatic carbocycles. The van der Waals surface area contributed by atoms with Crippen LogP contribution in [-0.2, 0) is 9.53 Å². The Labute approximate surface area is 111 Å². The van der Waals surface area contributed by atoms with Gasteiger partial charge in [-0.3, -0.25) is 4.98 Å². The molecule has 1 atom stereocenters. The first-order chi connectivity index (χ1) is 9.02. The summed E-state index contributed by atoms with van der Waals surface area (Å²) >= 11 is 0. The van der Waals surface area contributed by atoms with Gasteiger partial charge in [0.05, 0.1) is 30.1 Å². The molecule has 0 radical (unpaired) electrons. The van der Waals surface area contributed by atoms with Crippen molar-refractivity contribution in [1.29, 1.82) is 5.26 Å². The lowest BCUT2D eigenvalue weighted by atomic mass is 10.1. The molecule has 0 saturated carbocycles. The number of ether oxygens (including phenoxy) is 1. The standard InChI is InChI=1S/C13H15N3O3/c1-8-5-11(10(6-14)9(2)15-8)16-3-4-19-12(7-16)13(17)18/h5,12H,3-4,7H2,1-2H3,(H,17,18). The van der Waals surface area contributed by atoms with Crippen molar-refractivity contribution in [3.63, 3.8) is 0 Å². The van der Waals surface area contributed by atoms with Crippen molar-refractivity contribution in [3.05, 3.63) is 23.0 Å². The lowest BCUT2D eigenvalue weighted by Gasteiger charge is -2.33. The first kappa shape index (κ1) is 13.3. The first-order valence-corrected chi connectivity index (χ1v) is 6.00. The maximum absolute atomic E-state index is 11.0. The average molecular weight is 261 g/mol. The second-order valence-corrected chi connectivity index (χ2v) is 4.50. The molecule has 1 N–H and O–H groups in total. The van der Waals surface area contributed by atoms with Gasteiger partial charge in [0, 0.05) is 12.2 Å². The van der Waals surface area contributed by atoms with E-state index in [0.29, 0.717) is 24.4 Å². The molecule has 1 fully saturated rings. The molecule has 1 aliphatic rings. The fraction of sp³-hybridized carbons (Fsp3) is 0.462. The summed E-state index contributed by atoms with van der Waals surface area (Å²) in [6.45, 7) is 4.79. The highest BCUT2D eigenvalue weighted by molar-refractivity contribution is 5.74. The summed E-state index contributed by atoms with van der Waals surface area (Å²) in [5.74, 6) is -0.981. The lowest BCUT2D eigenvalue weighted by molar-refractivity contribution is -0.150. The van der Waals surface area contributed by atoms with Crippen LogP contribution in [0.15, 0.2) is 6.07 Å². The summed E-state index contributed by atoms with van der Waals surface area (Å²) < 4.78 is 5.19. The van der Waals surface area contributed by atoms with Crippen LogP contribution in [0, 0.1) is 25.2 Å². The topological polar surface area (TPSA) is 86.5 Å². The molecule has 0 amide bonds. The lowest BCUT2D eigenvalue weighted by Crippen LogP contribution is -2.46. The number of carboxylic acids is 1. The van der Waals surface area contributed by atoms with Gasteiger partial charge >= 0.3 is 5.97 Å². The fourth-order valence-electron chi connectivity index (χ4n) is 2.21. The number of aryl methyl sites for hydroxylation is 2. The zero-order valence-electron chi connectivity index (χ0n) is 10.9. The first-order valence-electron chi connectivity index (χ1n) is 6.00. The third kappa shape index (κ3) is 2.66. The van der Waals surface area contributed by atoms with Gasteiger partial charge in [-0.05, 0) is 19.9 Å². The Kier molecular flexibility index (Phi) is 3.67. The number of anilines is 1. The minimum atomic E-state index is -0.981. The van der Waals surface area contributed by atoms with Crippen LogP contribution < -0.4 is 4.90 Å². The van der Waals surface area contributed by atoms with Crippen LogP contribution in [0.2, 0.25) is 0 Å². The number of carbonyl (C=O) groups is 1. The number of hydrogen-bond donors (Lipinski definition) is 1. The van der Waals surface area contributed by atoms with E-state index in [4.69, 9.17) is 9.84 Å². The van der Waals surface area contributed by atoms with Crippen LogP contribution in [0.25, 0.3) is 0 Å². The molecule has 6 heteroatoms. The Morgan fingerprint density at radius 3 is 3.00 bits per heavy atom. The Morgan fingerprint density at radius 1 is 1.63 bits per heavy atom. The SMILES string of the molecule is Cc1cc(N2CCOC(C(=O)O)C2)c(C#N)c(C)n1. The van der Waals surface area contributed by atoms with Crippen molar-refractivity contribution in [3.8, 4) is 6.07 Å². The second kappa shape index (κ2) is 5.24. The third-order valence-electron chi connectivity index (χ3n) is 3.10. The molecule has 6 nitrogen and oxygen atoms in total. The second-order valence-electron chi connectivity index (χ2n) is 4.50. The van der Waals surface area contributed by atoms with Crippen molar-refractivity contribution in [2.75, 3.05) is 24.6 Å². The molecule has 1 aromatic heterocycles. The van der Waals surface area contributed by atoms with Crippen molar-refractivity contribution < 1.29 is 14.6 Å². The normalized spacial score (nSPS) is 19.0. The van der Waals surface area contributed by atoms with E-state index in [1.807, 2.05) is 17.9 Å². The maximum atomic E-state index is 11.0. The van der Waals surface area contributed by atoms with Gasteiger partial charge in [-0.1, -0.05) is 0 Å². The molecule has 0 spiro atoms. The number of rotatable bonds is 2. The number of hydrogen-bond acceptors (Lipinski definition) is 5. The monoisotopic (exact) mass is 261 g/mol. The maximum Gasteiger partial charge on any atom is 0.334 e. The van der Waals surface area contributed by atoms with Crippen LogP contribution in [0.1, 0.15) is 17.0 Å². The highest BCUT2D eigenvalue weighted by Crippen LogP contribution is 2.25. The summed E-state index contributed by atoms with van der Waals surface area (Å²) in [5.41, 5.74) is 2.71. The van der Waals surface area contributed by atoms with Gasteiger partial charge in [-0.15, -0.1) is 0 Å². The van der Waals surface area contributed by atoms with Crippen LogP contribution in [0.3, 0.4) is 0 Å². The van der Waals surface area contributed by atoms with E-state index >= 15 is 0 Å². The van der Waals surface area contributed by atoms with Crippen LogP contribution in [0.4, 0.5) is 5.69 Å². The molecule has 1 aliphatic heterocycles. The Bertz CT molecular complexity index is 551. The van der Waals surface area contributed by atoms with E-state index in [1.165, 1.54) is 0 Å². The molecule has 19 heavy (non-hydrogen) atoms. The van der Waals surface area contributed by atoms with Crippen LogP contribution in [0.5, 0.6) is 0 Å². The molecule has 2 rings (SSSR count). The molecule has 1 saturated heterocycles. The number of carboxylic acid groups (broad SMARTS) is 1. The molecular weight excluding hydrogens is 246 g/mol. The molecular formula is C13H15N3O3. The smallest absolute Gasteiger partial charge is 0.334 e. The van der Waals surface area contributed by atoms with Crippen molar-refractivity contribution in [2.24, 2.45) is 0 Å². The quantitative estimate of drug-likeness (QED) is 0.849. The number of aliphatic carboxylic acids is 1. The molecule has 0 bridgehead atoms. The zero-order valence-corrected chi connectivity index (χ0v) is 10.9. The number of morpholine rings is 1. The Morgan fingerprint density at radius 2 is 2.37 bits per heavy atom. The van der Waals surface area contributed by atoms with Gasteiger partial charge in [0.1, 0.15) is 6.07 Å². The van der Waals surface area contributed by atoms with E-state index in [0.717, 1.165) is 11.4 Å². The van der Waals surface area contributed by atoms with Crippen molar-refractivity contribution in [2.45, 2.75) is 20.0 Å². The van der Waals surface area contributed by atoms with Gasteiger partial charge in [0.25, 0.3) is 0 Å². The Hall–Kier alpha value is -2.13. The minimum Gasteiger partial charge on any atom is -0.479 e. The molecule has 0 aromatic carbocycles. The summed E-state index contributed by atoms with van der Waals surface area (Å²) in [7, 11) is 0. The zero-order chi connectivity index (χ0) is 14.0. The van der Waals surface area contributed by atoms with Gasteiger partial charge in [-0.25, -0.2) is 4.79 Å². The molecule has 1 aromatic rings. The number of aromatic nitrogens is 1. The minimum absolute atomic E-state index is 0.243. The van der Waals surface area contributed by atoms with Crippen molar-refractivity contribution >= 4 is 11.7 Å². The van der Waals surface area contributed by atoms with Gasteiger partial charge in [0.15, 0.2) is 6.10 Å². The van der Waals surface area contributed by atoms with E-state index in [2.05, 4.69) is 11.1 Å². The molecule has 1 unspecified atom stereocenters. The van der Waals surface area contributed by atoms with E-state index in [9.17, 15) is 10.1 Å². The van der Waals surface area contributed by atoms with Crippen LogP contribution in [-0.4, -0.2) is 41.9 Å². The van der Waals surface area contributed by atoms with E-state index in [-0.39, 0.29) is 6.54 Å². The van der Waals surface area contributed by atoms with Gasteiger partial charge in [-0.2, -0.15) is 5.26 Å². The summed E-state index contributed by atoms with van der Waals surface area (Å²) in [6, 6.07) is 3.96.